The van der Waals surface area contributed by atoms with Gasteiger partial charge in [-0.05, 0) is 12.1 Å². The summed E-state index contributed by atoms with van der Waals surface area (Å²) in [5, 5.41) is 12.3. The Morgan fingerprint density at radius 3 is 2.93 bits per heavy atom. The maximum atomic E-state index is 10.5. The van der Waals surface area contributed by atoms with Crippen LogP contribution >= 0.6 is 11.6 Å². The number of carbonyl (C=O) groups excluding carboxylic acids is 1. The van der Waals surface area contributed by atoms with Crippen molar-refractivity contribution in [3.63, 3.8) is 0 Å². The number of hydrogen-bond acceptors (Lipinski definition) is 4. The van der Waals surface area contributed by atoms with Gasteiger partial charge in [-0.25, -0.2) is 4.98 Å². The number of aromatic nitrogens is 1. The first-order chi connectivity index (χ1) is 6.59. The number of rotatable bonds is 4. The van der Waals surface area contributed by atoms with Crippen LogP contribution in [0.25, 0.3) is 0 Å². The molecule has 0 aliphatic carbocycles. The highest BCUT2D eigenvalue weighted by molar-refractivity contribution is 6.30. The van der Waals surface area contributed by atoms with Crippen LogP contribution in [0, 0.1) is 0 Å². The number of carbonyl (C=O) groups is 1. The van der Waals surface area contributed by atoms with Gasteiger partial charge in [0.05, 0.1) is 11.6 Å². The lowest BCUT2D eigenvalue weighted by Crippen LogP contribution is -2.34. The molecule has 1 heterocycles. The highest BCUT2D eigenvalue weighted by Gasteiger charge is 2.09. The number of halogens is 1. The van der Waals surface area contributed by atoms with E-state index >= 15 is 0 Å². The molecule has 1 unspecified atom stereocenters. The Bertz CT molecular complexity index is 315. The molecule has 0 aliphatic heterocycles. The van der Waals surface area contributed by atoms with Crippen molar-refractivity contribution in [2.45, 2.75) is 6.10 Å². The van der Waals surface area contributed by atoms with Crippen molar-refractivity contribution in [1.29, 1.82) is 0 Å². The summed E-state index contributed by atoms with van der Waals surface area (Å²) in [6.07, 6.45) is 0.244. The van der Waals surface area contributed by atoms with Gasteiger partial charge in [-0.1, -0.05) is 11.6 Å². The zero-order valence-corrected chi connectivity index (χ0v) is 8.03. The Hall–Kier alpha value is -1.33. The summed E-state index contributed by atoms with van der Waals surface area (Å²) >= 11 is 5.61. The minimum absolute atomic E-state index is 0.0317. The van der Waals surface area contributed by atoms with Crippen LogP contribution in [0.4, 0.5) is 5.82 Å². The van der Waals surface area contributed by atoms with E-state index in [4.69, 9.17) is 22.4 Å². The zero-order chi connectivity index (χ0) is 10.6. The molecule has 0 aliphatic rings. The summed E-state index contributed by atoms with van der Waals surface area (Å²) in [5.74, 6) is -0.249. The van der Waals surface area contributed by atoms with Gasteiger partial charge in [0.1, 0.15) is 11.9 Å². The molecule has 6 heteroatoms. The van der Waals surface area contributed by atoms with Gasteiger partial charge in [0.15, 0.2) is 0 Å². The second-order valence-electron chi connectivity index (χ2n) is 2.66. The van der Waals surface area contributed by atoms with Crippen molar-refractivity contribution < 1.29 is 9.90 Å². The van der Waals surface area contributed by atoms with Crippen LogP contribution < -0.4 is 11.1 Å². The summed E-state index contributed by atoms with van der Waals surface area (Å²) in [6.45, 7) is 0.0317. The minimum atomic E-state index is -1.22. The highest BCUT2D eigenvalue weighted by atomic mass is 35.5. The average Bonchev–Trinajstić information content (AvgIpc) is 2.16. The third-order valence-corrected chi connectivity index (χ3v) is 1.76. The van der Waals surface area contributed by atoms with Crippen LogP contribution in [0.15, 0.2) is 18.3 Å². The second-order valence-corrected chi connectivity index (χ2v) is 3.10. The standard InChI is InChI=1S/C8H10ClN3O2/c9-5-1-2-7(11-3-5)12-4-6(13)8(10)14/h1-3,6,13H,4H2,(H2,10,14)(H,11,12). The highest BCUT2D eigenvalue weighted by Crippen LogP contribution is 2.09. The van der Waals surface area contributed by atoms with Crippen molar-refractivity contribution in [2.75, 3.05) is 11.9 Å². The summed E-state index contributed by atoms with van der Waals surface area (Å²) in [4.78, 5) is 14.4. The Balaban J connectivity index is 2.46. The van der Waals surface area contributed by atoms with Crippen LogP contribution in [-0.4, -0.2) is 28.6 Å². The first-order valence-corrected chi connectivity index (χ1v) is 4.30. The molecule has 76 valence electrons. The maximum Gasteiger partial charge on any atom is 0.248 e. The van der Waals surface area contributed by atoms with E-state index < -0.39 is 12.0 Å². The fourth-order valence-electron chi connectivity index (χ4n) is 0.782. The largest absolute Gasteiger partial charge is 0.381 e. The molecule has 1 rings (SSSR count). The number of pyridine rings is 1. The van der Waals surface area contributed by atoms with Crippen LogP contribution in [0.1, 0.15) is 0 Å². The Morgan fingerprint density at radius 2 is 2.43 bits per heavy atom. The van der Waals surface area contributed by atoms with Crippen LogP contribution in [0.5, 0.6) is 0 Å². The van der Waals surface area contributed by atoms with Gasteiger partial charge in [-0.3, -0.25) is 4.79 Å². The molecule has 0 fully saturated rings. The van der Waals surface area contributed by atoms with E-state index in [0.717, 1.165) is 0 Å². The fraction of sp³-hybridized carbons (Fsp3) is 0.250. The van der Waals surface area contributed by atoms with Crippen LogP contribution in [-0.2, 0) is 4.79 Å². The van der Waals surface area contributed by atoms with Crippen LogP contribution in [0.3, 0.4) is 0 Å². The van der Waals surface area contributed by atoms with E-state index in [1.807, 2.05) is 0 Å². The van der Waals surface area contributed by atoms with Crippen molar-refractivity contribution >= 4 is 23.3 Å². The Labute approximate surface area is 85.9 Å². The minimum Gasteiger partial charge on any atom is -0.381 e. The number of nitrogens with zero attached hydrogens (tertiary/aromatic N) is 1. The summed E-state index contributed by atoms with van der Waals surface area (Å²) in [5.41, 5.74) is 4.85. The van der Waals surface area contributed by atoms with Gasteiger partial charge in [0.25, 0.3) is 0 Å². The smallest absolute Gasteiger partial charge is 0.248 e. The molecule has 1 amide bonds. The average molecular weight is 216 g/mol. The number of amides is 1. The predicted molar refractivity (Wildman–Crippen MR) is 52.9 cm³/mol. The zero-order valence-electron chi connectivity index (χ0n) is 7.27. The van der Waals surface area contributed by atoms with Gasteiger partial charge >= 0.3 is 0 Å². The molecule has 0 spiro atoms. The SMILES string of the molecule is NC(=O)C(O)CNc1ccc(Cl)cn1. The van der Waals surface area contributed by atoms with Crippen molar-refractivity contribution in [2.24, 2.45) is 5.73 Å². The van der Waals surface area contributed by atoms with E-state index in [0.29, 0.717) is 10.8 Å². The molecular formula is C8H10ClN3O2. The quantitative estimate of drug-likeness (QED) is 0.659. The molecule has 1 atom stereocenters. The van der Waals surface area contributed by atoms with Gasteiger partial charge in [-0.2, -0.15) is 0 Å². The maximum absolute atomic E-state index is 10.5. The van der Waals surface area contributed by atoms with Gasteiger partial charge in [0.2, 0.25) is 5.91 Å². The van der Waals surface area contributed by atoms with Gasteiger partial charge in [0, 0.05) is 6.20 Å². The second kappa shape index (κ2) is 4.78. The van der Waals surface area contributed by atoms with E-state index in [2.05, 4.69) is 10.3 Å². The van der Waals surface area contributed by atoms with Crippen molar-refractivity contribution in [3.05, 3.63) is 23.4 Å². The molecule has 0 bridgehead atoms. The molecule has 1 aromatic rings. The number of aliphatic hydroxyl groups is 1. The normalized spacial score (nSPS) is 12.1. The third-order valence-electron chi connectivity index (χ3n) is 1.53. The van der Waals surface area contributed by atoms with E-state index in [1.54, 1.807) is 12.1 Å². The lowest BCUT2D eigenvalue weighted by atomic mass is 10.3. The number of primary amides is 1. The lowest BCUT2D eigenvalue weighted by molar-refractivity contribution is -0.125. The number of hydrogen-bond donors (Lipinski definition) is 3. The van der Waals surface area contributed by atoms with Crippen LogP contribution in [0.2, 0.25) is 5.02 Å². The van der Waals surface area contributed by atoms with Gasteiger partial charge in [-0.15, -0.1) is 0 Å². The number of nitrogens with one attached hydrogen (secondary N) is 1. The number of aliphatic hydroxyl groups excluding tert-OH is 1. The summed E-state index contributed by atoms with van der Waals surface area (Å²) < 4.78 is 0. The molecule has 0 saturated heterocycles. The lowest BCUT2D eigenvalue weighted by Gasteiger charge is -2.08. The summed E-state index contributed by atoms with van der Waals surface area (Å²) in [6, 6.07) is 3.28. The van der Waals surface area contributed by atoms with Crippen molar-refractivity contribution in [3.8, 4) is 0 Å². The fourth-order valence-corrected chi connectivity index (χ4v) is 0.894. The van der Waals surface area contributed by atoms with E-state index in [1.165, 1.54) is 6.20 Å². The van der Waals surface area contributed by atoms with Gasteiger partial charge < -0.3 is 16.2 Å². The summed E-state index contributed by atoms with van der Waals surface area (Å²) in [7, 11) is 0. The number of anilines is 1. The van der Waals surface area contributed by atoms with Crippen molar-refractivity contribution in [1.82, 2.24) is 4.98 Å². The predicted octanol–water partition coefficient (Wildman–Crippen LogP) is -0.00690. The van der Waals surface area contributed by atoms with E-state index in [9.17, 15) is 4.79 Å². The van der Waals surface area contributed by atoms with E-state index in [-0.39, 0.29) is 6.54 Å². The Kier molecular flexibility index (Phi) is 3.67. The molecule has 4 N–H and O–H groups in total. The molecule has 0 aromatic carbocycles. The third kappa shape index (κ3) is 3.20. The molecule has 0 saturated carbocycles. The first-order valence-electron chi connectivity index (χ1n) is 3.92. The first kappa shape index (κ1) is 10.7. The molecule has 5 nitrogen and oxygen atoms in total. The number of nitrogens with two attached hydrogens (primary N) is 1. The monoisotopic (exact) mass is 215 g/mol. The molecule has 0 radical (unpaired) electrons. The topological polar surface area (TPSA) is 88.2 Å². The molecular weight excluding hydrogens is 206 g/mol. The molecule has 14 heavy (non-hydrogen) atoms. The molecule has 1 aromatic heterocycles. The Morgan fingerprint density at radius 1 is 1.71 bits per heavy atom.